The van der Waals surface area contributed by atoms with Gasteiger partial charge >= 0.3 is 0 Å². The van der Waals surface area contributed by atoms with Crippen LogP contribution in [0.5, 0.6) is 0 Å². The monoisotopic (exact) mass is 244 g/mol. The van der Waals surface area contributed by atoms with Crippen molar-refractivity contribution in [3.05, 3.63) is 0 Å². The fourth-order valence-electron chi connectivity index (χ4n) is 2.71. The van der Waals surface area contributed by atoms with Crippen LogP contribution < -0.4 is 5.32 Å². The van der Waals surface area contributed by atoms with Crippen LogP contribution in [-0.4, -0.2) is 55.9 Å². The second kappa shape index (κ2) is 3.43. The van der Waals surface area contributed by atoms with Crippen LogP contribution in [0.15, 0.2) is 0 Å². The van der Waals surface area contributed by atoms with Crippen molar-refractivity contribution < 1.29 is 13.2 Å². The van der Waals surface area contributed by atoms with Gasteiger partial charge in [-0.15, -0.1) is 0 Å². The van der Waals surface area contributed by atoms with E-state index in [0.29, 0.717) is 6.54 Å². The Kier molecular flexibility index (Phi) is 2.26. The SMILES string of the molecule is O=C(C1CC1)N1CCN[C@@H]2CS(=O)(=O)C[C@@H]21. The van der Waals surface area contributed by atoms with Gasteiger partial charge in [-0.1, -0.05) is 0 Å². The molecule has 0 spiro atoms. The molecule has 1 aliphatic carbocycles. The minimum atomic E-state index is -2.96. The van der Waals surface area contributed by atoms with E-state index < -0.39 is 9.84 Å². The summed E-state index contributed by atoms with van der Waals surface area (Å²) in [5, 5.41) is 3.21. The maximum atomic E-state index is 12.0. The van der Waals surface area contributed by atoms with E-state index in [2.05, 4.69) is 5.32 Å². The Balaban J connectivity index is 1.81. The van der Waals surface area contributed by atoms with Crippen molar-refractivity contribution >= 4 is 15.7 Å². The van der Waals surface area contributed by atoms with Gasteiger partial charge in [0.25, 0.3) is 0 Å². The average Bonchev–Trinajstić information content (AvgIpc) is 2.98. The summed E-state index contributed by atoms with van der Waals surface area (Å²) in [6, 6.07) is -0.159. The number of nitrogens with one attached hydrogen (secondary N) is 1. The van der Waals surface area contributed by atoms with Gasteiger partial charge in [0.2, 0.25) is 5.91 Å². The number of hydrogen-bond donors (Lipinski definition) is 1. The smallest absolute Gasteiger partial charge is 0.226 e. The molecule has 2 saturated heterocycles. The zero-order valence-corrected chi connectivity index (χ0v) is 9.87. The predicted octanol–water partition coefficient (Wildman–Crippen LogP) is -1.01. The van der Waals surface area contributed by atoms with Crippen molar-refractivity contribution in [2.75, 3.05) is 24.6 Å². The topological polar surface area (TPSA) is 66.5 Å². The second-order valence-corrected chi connectivity index (χ2v) is 7.16. The highest BCUT2D eigenvalue weighted by molar-refractivity contribution is 7.91. The van der Waals surface area contributed by atoms with Crippen LogP contribution in [0.3, 0.4) is 0 Å². The maximum absolute atomic E-state index is 12.0. The first kappa shape index (κ1) is 10.5. The highest BCUT2D eigenvalue weighted by atomic mass is 32.2. The van der Waals surface area contributed by atoms with E-state index in [0.717, 1.165) is 19.4 Å². The summed E-state index contributed by atoms with van der Waals surface area (Å²) in [6.45, 7) is 1.38. The molecule has 2 heterocycles. The highest BCUT2D eigenvalue weighted by Crippen LogP contribution is 2.33. The number of nitrogens with zero attached hydrogens (tertiary/aromatic N) is 1. The van der Waals surface area contributed by atoms with Crippen LogP contribution in [0.25, 0.3) is 0 Å². The molecule has 5 nitrogen and oxygen atoms in total. The molecule has 3 fully saturated rings. The molecule has 16 heavy (non-hydrogen) atoms. The van der Waals surface area contributed by atoms with Gasteiger partial charge in [-0.25, -0.2) is 8.42 Å². The number of amides is 1. The van der Waals surface area contributed by atoms with Crippen molar-refractivity contribution in [1.82, 2.24) is 10.2 Å². The molecule has 6 heteroatoms. The molecule has 3 aliphatic rings. The normalized spacial score (nSPS) is 37.1. The van der Waals surface area contributed by atoms with Gasteiger partial charge < -0.3 is 10.2 Å². The molecule has 0 aromatic heterocycles. The van der Waals surface area contributed by atoms with Crippen LogP contribution in [0, 0.1) is 5.92 Å². The van der Waals surface area contributed by atoms with Gasteiger partial charge in [0, 0.05) is 25.0 Å². The second-order valence-electron chi connectivity index (χ2n) is 5.01. The lowest BCUT2D eigenvalue weighted by Gasteiger charge is -2.37. The minimum Gasteiger partial charge on any atom is -0.336 e. The molecule has 90 valence electrons. The van der Waals surface area contributed by atoms with E-state index in [4.69, 9.17) is 0 Å². The third-order valence-corrected chi connectivity index (χ3v) is 5.41. The summed E-state index contributed by atoms with van der Waals surface area (Å²) < 4.78 is 23.1. The lowest BCUT2D eigenvalue weighted by Crippen LogP contribution is -2.59. The Morgan fingerprint density at radius 3 is 2.69 bits per heavy atom. The third-order valence-electron chi connectivity index (χ3n) is 3.69. The fraction of sp³-hybridized carbons (Fsp3) is 0.900. The average molecular weight is 244 g/mol. The van der Waals surface area contributed by atoms with Crippen molar-refractivity contribution in [3.8, 4) is 0 Å². The van der Waals surface area contributed by atoms with E-state index >= 15 is 0 Å². The summed E-state index contributed by atoms with van der Waals surface area (Å²) in [4.78, 5) is 13.8. The van der Waals surface area contributed by atoms with Gasteiger partial charge in [0.15, 0.2) is 9.84 Å². The number of rotatable bonds is 1. The number of hydrogen-bond acceptors (Lipinski definition) is 4. The number of fused-ring (bicyclic) bond motifs is 1. The molecule has 2 aliphatic heterocycles. The van der Waals surface area contributed by atoms with E-state index in [-0.39, 0.29) is 35.4 Å². The molecule has 0 radical (unpaired) electrons. The van der Waals surface area contributed by atoms with Crippen LogP contribution >= 0.6 is 0 Å². The standard InChI is InChI=1S/C10H16N2O3S/c13-10(7-1-2-7)12-4-3-11-8-5-16(14,15)6-9(8)12/h7-9,11H,1-6H2/t8-,9+/m1/s1. The molecular formula is C10H16N2O3S. The zero-order valence-electron chi connectivity index (χ0n) is 9.05. The quantitative estimate of drug-likeness (QED) is 0.642. The van der Waals surface area contributed by atoms with E-state index in [1.165, 1.54) is 0 Å². The van der Waals surface area contributed by atoms with E-state index in [9.17, 15) is 13.2 Å². The van der Waals surface area contributed by atoms with Gasteiger partial charge in [-0.2, -0.15) is 0 Å². The number of carbonyl (C=O) groups excluding carboxylic acids is 1. The Hall–Kier alpha value is -0.620. The molecule has 0 bridgehead atoms. The first-order valence-electron chi connectivity index (χ1n) is 5.81. The van der Waals surface area contributed by atoms with Gasteiger partial charge in [-0.3, -0.25) is 4.79 Å². The van der Waals surface area contributed by atoms with Crippen molar-refractivity contribution in [3.63, 3.8) is 0 Å². The summed E-state index contributed by atoms with van der Waals surface area (Å²) in [5.74, 6) is 0.686. The number of carbonyl (C=O) groups is 1. The van der Waals surface area contributed by atoms with Gasteiger partial charge in [0.05, 0.1) is 17.5 Å². The van der Waals surface area contributed by atoms with Crippen molar-refractivity contribution in [1.29, 1.82) is 0 Å². The summed E-state index contributed by atoms with van der Waals surface area (Å²) in [7, 11) is -2.96. The Labute approximate surface area is 95.1 Å². The minimum absolute atomic E-state index is 0.0403. The lowest BCUT2D eigenvalue weighted by molar-refractivity contribution is -0.135. The molecule has 0 aromatic rings. The van der Waals surface area contributed by atoms with Gasteiger partial charge in [0.1, 0.15) is 0 Å². The molecule has 1 saturated carbocycles. The number of piperazine rings is 1. The lowest BCUT2D eigenvalue weighted by atomic mass is 10.1. The summed E-state index contributed by atoms with van der Waals surface area (Å²) in [6.07, 6.45) is 1.96. The Morgan fingerprint density at radius 1 is 1.25 bits per heavy atom. The molecule has 3 rings (SSSR count). The first-order chi connectivity index (χ1) is 7.57. The zero-order chi connectivity index (χ0) is 11.3. The fourth-order valence-corrected chi connectivity index (χ4v) is 4.66. The molecular weight excluding hydrogens is 228 g/mol. The maximum Gasteiger partial charge on any atom is 0.226 e. The van der Waals surface area contributed by atoms with E-state index in [1.807, 2.05) is 4.90 Å². The first-order valence-corrected chi connectivity index (χ1v) is 7.63. The van der Waals surface area contributed by atoms with Crippen LogP contribution in [-0.2, 0) is 14.6 Å². The van der Waals surface area contributed by atoms with Crippen LogP contribution in [0.2, 0.25) is 0 Å². The van der Waals surface area contributed by atoms with E-state index in [1.54, 1.807) is 0 Å². The number of sulfone groups is 1. The molecule has 0 unspecified atom stereocenters. The molecule has 0 aromatic carbocycles. The highest BCUT2D eigenvalue weighted by Gasteiger charge is 2.46. The van der Waals surface area contributed by atoms with Crippen LogP contribution in [0.4, 0.5) is 0 Å². The Bertz CT molecular complexity index is 416. The molecule has 1 amide bonds. The predicted molar refractivity (Wildman–Crippen MR) is 58.7 cm³/mol. The van der Waals surface area contributed by atoms with Crippen molar-refractivity contribution in [2.24, 2.45) is 5.92 Å². The Morgan fingerprint density at radius 2 is 2.00 bits per heavy atom. The van der Waals surface area contributed by atoms with Crippen molar-refractivity contribution in [2.45, 2.75) is 24.9 Å². The molecule has 2 atom stereocenters. The third kappa shape index (κ3) is 1.73. The summed E-state index contributed by atoms with van der Waals surface area (Å²) >= 11 is 0. The van der Waals surface area contributed by atoms with Crippen LogP contribution in [0.1, 0.15) is 12.8 Å². The summed E-state index contributed by atoms with van der Waals surface area (Å²) in [5.41, 5.74) is 0. The molecule has 1 N–H and O–H groups in total. The van der Waals surface area contributed by atoms with Gasteiger partial charge in [-0.05, 0) is 12.8 Å². The largest absolute Gasteiger partial charge is 0.336 e.